The van der Waals surface area contributed by atoms with Crippen molar-refractivity contribution in [2.75, 3.05) is 26.6 Å². The molecule has 0 spiro atoms. The number of hydrogen-bond donors (Lipinski definition) is 2. The number of ether oxygens (including phenoxy) is 4. The monoisotopic (exact) mass is 532 g/mol. The minimum atomic E-state index is -0.386. The summed E-state index contributed by atoms with van der Waals surface area (Å²) in [6, 6.07) is 12.7. The van der Waals surface area contributed by atoms with Crippen molar-refractivity contribution in [1.29, 1.82) is 0 Å². The van der Waals surface area contributed by atoms with Crippen molar-refractivity contribution in [3.8, 4) is 28.7 Å². The maximum Gasteiger partial charge on any atom is 0.246 e. The molecule has 0 aliphatic heterocycles. The highest BCUT2D eigenvalue weighted by atomic mass is 16.5. The highest BCUT2D eigenvalue weighted by molar-refractivity contribution is 5.94. The van der Waals surface area contributed by atoms with Crippen LogP contribution in [0.4, 0.5) is 5.69 Å². The molecule has 0 bridgehead atoms. The Balaban J connectivity index is 1.26. The summed E-state index contributed by atoms with van der Waals surface area (Å²) in [6.45, 7) is -0.0849. The fourth-order valence-electron chi connectivity index (χ4n) is 4.02. The van der Waals surface area contributed by atoms with Gasteiger partial charge in [0, 0.05) is 23.9 Å². The summed E-state index contributed by atoms with van der Waals surface area (Å²) < 4.78 is 28.6. The number of carbonyl (C=O) groups excluding carboxylic acids is 1. The SMILES string of the molecule is COc1ccc2oc3cc(OCc4cn(CC(=O)Nc5ccc(OC)c(OC)c5)nn4)cc(O)c3c(=O)c2c1. The second-order valence-electron chi connectivity index (χ2n) is 8.42. The van der Waals surface area contributed by atoms with Crippen LogP contribution in [0.1, 0.15) is 5.69 Å². The number of aromatic nitrogens is 3. The van der Waals surface area contributed by atoms with E-state index in [2.05, 4.69) is 15.6 Å². The Morgan fingerprint density at radius 3 is 2.56 bits per heavy atom. The smallest absolute Gasteiger partial charge is 0.246 e. The van der Waals surface area contributed by atoms with Gasteiger partial charge in [-0.2, -0.15) is 0 Å². The van der Waals surface area contributed by atoms with Crippen molar-refractivity contribution in [1.82, 2.24) is 15.0 Å². The van der Waals surface area contributed by atoms with Gasteiger partial charge in [0.15, 0.2) is 11.5 Å². The molecular weight excluding hydrogens is 508 g/mol. The number of amides is 1. The molecule has 0 unspecified atom stereocenters. The summed E-state index contributed by atoms with van der Waals surface area (Å²) in [6.07, 6.45) is 1.57. The Hall–Kier alpha value is -5.26. The van der Waals surface area contributed by atoms with E-state index in [1.54, 1.807) is 42.6 Å². The number of carbonyl (C=O) groups is 1. The minimum Gasteiger partial charge on any atom is -0.507 e. The third-order valence-electron chi connectivity index (χ3n) is 5.88. The van der Waals surface area contributed by atoms with Gasteiger partial charge in [-0.15, -0.1) is 5.10 Å². The molecular formula is C27H24N4O8. The van der Waals surface area contributed by atoms with Crippen molar-refractivity contribution in [3.63, 3.8) is 0 Å². The molecule has 0 aliphatic rings. The van der Waals surface area contributed by atoms with Crippen LogP contribution >= 0.6 is 0 Å². The van der Waals surface area contributed by atoms with E-state index in [0.29, 0.717) is 34.2 Å². The number of nitrogens with one attached hydrogen (secondary N) is 1. The highest BCUT2D eigenvalue weighted by Gasteiger charge is 2.15. The number of fused-ring (bicyclic) bond motifs is 2. The number of methoxy groups -OCH3 is 3. The second kappa shape index (κ2) is 10.6. The van der Waals surface area contributed by atoms with Crippen LogP contribution in [0.25, 0.3) is 21.9 Å². The van der Waals surface area contributed by atoms with Gasteiger partial charge in [0.25, 0.3) is 0 Å². The molecule has 5 aromatic rings. The first-order valence-corrected chi connectivity index (χ1v) is 11.7. The number of phenolic OH excluding ortho intramolecular Hbond substituents is 1. The van der Waals surface area contributed by atoms with Gasteiger partial charge < -0.3 is 33.8 Å². The third-order valence-corrected chi connectivity index (χ3v) is 5.88. The lowest BCUT2D eigenvalue weighted by molar-refractivity contribution is -0.116. The molecule has 12 heteroatoms. The molecule has 1 amide bonds. The van der Waals surface area contributed by atoms with Crippen LogP contribution < -0.4 is 29.7 Å². The van der Waals surface area contributed by atoms with E-state index in [4.69, 9.17) is 23.4 Å². The Morgan fingerprint density at radius 1 is 0.974 bits per heavy atom. The van der Waals surface area contributed by atoms with Gasteiger partial charge in [-0.1, -0.05) is 5.21 Å². The normalized spacial score (nSPS) is 10.9. The van der Waals surface area contributed by atoms with Crippen molar-refractivity contribution < 1.29 is 33.3 Å². The zero-order valence-corrected chi connectivity index (χ0v) is 21.3. The van der Waals surface area contributed by atoms with Crippen LogP contribution in [0.2, 0.25) is 0 Å². The van der Waals surface area contributed by atoms with E-state index in [1.807, 2.05) is 0 Å². The summed E-state index contributed by atoms with van der Waals surface area (Å²) in [5, 5.41) is 21.6. The number of anilines is 1. The number of aromatic hydroxyl groups is 1. The van der Waals surface area contributed by atoms with Gasteiger partial charge in [0.2, 0.25) is 11.3 Å². The van der Waals surface area contributed by atoms with Crippen molar-refractivity contribution in [2.24, 2.45) is 0 Å². The van der Waals surface area contributed by atoms with E-state index < -0.39 is 0 Å². The average Bonchev–Trinajstić information content (AvgIpc) is 3.38. The Bertz CT molecular complexity index is 1740. The van der Waals surface area contributed by atoms with Crippen molar-refractivity contribution in [2.45, 2.75) is 13.2 Å². The molecule has 0 saturated carbocycles. The number of hydrogen-bond acceptors (Lipinski definition) is 10. The summed E-state index contributed by atoms with van der Waals surface area (Å²) >= 11 is 0. The van der Waals surface area contributed by atoms with E-state index in [-0.39, 0.29) is 52.3 Å². The largest absolute Gasteiger partial charge is 0.507 e. The van der Waals surface area contributed by atoms with Crippen LogP contribution in [0, 0.1) is 0 Å². The Labute approximate surface area is 221 Å². The van der Waals surface area contributed by atoms with E-state index in [9.17, 15) is 14.7 Å². The summed E-state index contributed by atoms with van der Waals surface area (Å²) in [5.74, 6) is 1.20. The first kappa shape index (κ1) is 25.4. The lowest BCUT2D eigenvalue weighted by atomic mass is 10.1. The lowest BCUT2D eigenvalue weighted by Crippen LogP contribution is -2.19. The maximum absolute atomic E-state index is 13.0. The quantitative estimate of drug-likeness (QED) is 0.270. The highest BCUT2D eigenvalue weighted by Crippen LogP contribution is 2.32. The standard InChI is InChI=1S/C27H24N4O8/c1-35-17-5-7-21-19(9-17)27(34)26-20(32)10-18(11-24(26)39-21)38-14-16-12-31(30-29-16)13-25(33)28-15-4-6-22(36-2)23(8-15)37-3/h4-12,32H,13-14H2,1-3H3,(H,28,33). The molecule has 0 fully saturated rings. The van der Waals surface area contributed by atoms with Gasteiger partial charge in [0.05, 0.1) is 32.9 Å². The van der Waals surface area contributed by atoms with Gasteiger partial charge in [-0.05, 0) is 30.3 Å². The summed E-state index contributed by atoms with van der Waals surface area (Å²) in [5.41, 5.74) is 1.11. The number of phenols is 1. The van der Waals surface area contributed by atoms with Crippen molar-refractivity contribution >= 4 is 33.5 Å². The second-order valence-corrected chi connectivity index (χ2v) is 8.42. The van der Waals surface area contributed by atoms with E-state index in [1.165, 1.54) is 38.1 Å². The predicted octanol–water partition coefficient (Wildman–Crippen LogP) is 3.49. The third kappa shape index (κ3) is 5.25. The molecule has 0 saturated heterocycles. The van der Waals surface area contributed by atoms with Gasteiger partial charge in [-0.3, -0.25) is 9.59 Å². The molecule has 39 heavy (non-hydrogen) atoms. The number of benzene rings is 3. The summed E-state index contributed by atoms with van der Waals surface area (Å²) in [7, 11) is 4.54. The van der Waals surface area contributed by atoms with Gasteiger partial charge in [0.1, 0.15) is 52.6 Å². The first-order chi connectivity index (χ1) is 18.9. The van der Waals surface area contributed by atoms with Crippen LogP contribution in [-0.2, 0) is 17.9 Å². The molecule has 5 rings (SSSR count). The number of nitrogens with zero attached hydrogens (tertiary/aromatic N) is 3. The molecule has 2 heterocycles. The molecule has 12 nitrogen and oxygen atoms in total. The average molecular weight is 533 g/mol. The van der Waals surface area contributed by atoms with Gasteiger partial charge in [-0.25, -0.2) is 4.68 Å². The maximum atomic E-state index is 13.0. The Kier molecular flexibility index (Phi) is 6.91. The van der Waals surface area contributed by atoms with Crippen molar-refractivity contribution in [3.05, 3.63) is 70.6 Å². The molecule has 0 radical (unpaired) electrons. The molecule has 2 aromatic heterocycles. The molecule has 0 aliphatic carbocycles. The van der Waals surface area contributed by atoms with Crippen LogP contribution in [0.15, 0.2) is 63.9 Å². The zero-order valence-electron chi connectivity index (χ0n) is 21.3. The Morgan fingerprint density at radius 2 is 1.79 bits per heavy atom. The molecule has 200 valence electrons. The fraction of sp³-hybridized carbons (Fsp3) is 0.185. The van der Waals surface area contributed by atoms with Crippen LogP contribution in [-0.4, -0.2) is 47.3 Å². The number of rotatable bonds is 9. The predicted molar refractivity (Wildman–Crippen MR) is 141 cm³/mol. The first-order valence-electron chi connectivity index (χ1n) is 11.7. The van der Waals surface area contributed by atoms with Crippen LogP contribution in [0.5, 0.6) is 28.7 Å². The van der Waals surface area contributed by atoms with Gasteiger partial charge >= 0.3 is 0 Å². The molecule has 3 aromatic carbocycles. The van der Waals surface area contributed by atoms with E-state index >= 15 is 0 Å². The van der Waals surface area contributed by atoms with E-state index in [0.717, 1.165) is 0 Å². The zero-order chi connectivity index (χ0) is 27.5. The topological polar surface area (TPSA) is 147 Å². The molecule has 2 N–H and O–H groups in total. The minimum absolute atomic E-state index is 0.00272. The van der Waals surface area contributed by atoms with Crippen LogP contribution in [0.3, 0.4) is 0 Å². The lowest BCUT2D eigenvalue weighted by Gasteiger charge is -2.10. The fourth-order valence-corrected chi connectivity index (χ4v) is 4.02. The molecule has 0 atom stereocenters. The summed E-state index contributed by atoms with van der Waals surface area (Å²) in [4.78, 5) is 25.4.